The van der Waals surface area contributed by atoms with Crippen molar-refractivity contribution in [3.8, 4) is 5.75 Å². The number of hydrogen-bond donors (Lipinski definition) is 2. The Morgan fingerprint density at radius 1 is 1.00 bits per heavy atom. The molecule has 1 saturated heterocycles. The summed E-state index contributed by atoms with van der Waals surface area (Å²) in [7, 11) is 0. The van der Waals surface area contributed by atoms with Gasteiger partial charge >= 0.3 is 11.8 Å². The second kappa shape index (κ2) is 10.5. The van der Waals surface area contributed by atoms with Gasteiger partial charge in [0.2, 0.25) is 0 Å². The van der Waals surface area contributed by atoms with E-state index in [0.29, 0.717) is 37.7 Å². The number of benzene rings is 2. The molecule has 2 aromatic rings. The van der Waals surface area contributed by atoms with Gasteiger partial charge in [-0.1, -0.05) is 18.2 Å². The first-order valence-corrected chi connectivity index (χ1v) is 9.92. The van der Waals surface area contributed by atoms with Crippen LogP contribution in [0.1, 0.15) is 12.8 Å². The number of anilines is 1. The lowest BCUT2D eigenvalue weighted by Gasteiger charge is -2.32. The van der Waals surface area contributed by atoms with Crippen LogP contribution >= 0.6 is 0 Å². The first-order valence-electron chi connectivity index (χ1n) is 9.92. The van der Waals surface area contributed by atoms with Crippen LogP contribution in [-0.4, -0.2) is 48.9 Å². The third-order valence-electron chi connectivity index (χ3n) is 5.01. The number of carbonyl (C=O) groups is 3. The zero-order chi connectivity index (χ0) is 22.2. The summed E-state index contributed by atoms with van der Waals surface area (Å²) in [4.78, 5) is 37.9. The minimum atomic E-state index is -1.03. The van der Waals surface area contributed by atoms with Crippen LogP contribution in [0.4, 0.5) is 14.5 Å². The molecule has 164 valence electrons. The standard InChI is InChI=1S/C22H23F2N3O4/c23-16-6-7-19(18(24)12-16)26-22(30)21(29)25-13-15-8-10-27(11-9-15)20(28)14-31-17-4-2-1-3-5-17/h1-7,12,15H,8-11,13-14H2,(H,25,29)(H,26,30). The minimum absolute atomic E-state index is 0.0362. The molecule has 0 bridgehead atoms. The molecule has 2 aromatic carbocycles. The van der Waals surface area contributed by atoms with Gasteiger partial charge in [-0.2, -0.15) is 0 Å². The van der Waals surface area contributed by atoms with Crippen molar-refractivity contribution in [3.05, 3.63) is 60.2 Å². The van der Waals surface area contributed by atoms with Gasteiger partial charge < -0.3 is 20.3 Å². The van der Waals surface area contributed by atoms with Crippen LogP contribution in [0.5, 0.6) is 5.75 Å². The molecule has 1 heterocycles. The molecule has 1 aliphatic rings. The number of hydrogen-bond acceptors (Lipinski definition) is 4. The van der Waals surface area contributed by atoms with E-state index in [-0.39, 0.29) is 30.7 Å². The highest BCUT2D eigenvalue weighted by atomic mass is 19.1. The Labute approximate surface area is 178 Å². The fourth-order valence-electron chi connectivity index (χ4n) is 3.23. The number of rotatable bonds is 6. The van der Waals surface area contributed by atoms with E-state index in [1.54, 1.807) is 17.0 Å². The number of carbonyl (C=O) groups excluding carboxylic acids is 3. The van der Waals surface area contributed by atoms with Crippen LogP contribution in [0, 0.1) is 17.6 Å². The molecular formula is C22H23F2N3O4. The monoisotopic (exact) mass is 431 g/mol. The summed E-state index contributed by atoms with van der Waals surface area (Å²) in [6, 6.07) is 11.7. The van der Waals surface area contributed by atoms with Crippen LogP contribution in [-0.2, 0) is 14.4 Å². The number of para-hydroxylation sites is 1. The zero-order valence-electron chi connectivity index (χ0n) is 16.8. The Bertz CT molecular complexity index is 932. The molecule has 0 radical (unpaired) electrons. The highest BCUT2D eigenvalue weighted by Gasteiger charge is 2.24. The number of amides is 3. The van der Waals surface area contributed by atoms with Crippen molar-refractivity contribution < 1.29 is 27.9 Å². The van der Waals surface area contributed by atoms with E-state index in [4.69, 9.17) is 4.74 Å². The average Bonchev–Trinajstić information content (AvgIpc) is 2.78. The van der Waals surface area contributed by atoms with E-state index in [0.717, 1.165) is 12.1 Å². The maximum Gasteiger partial charge on any atom is 0.313 e. The van der Waals surface area contributed by atoms with Crippen LogP contribution in [0.25, 0.3) is 0 Å². The van der Waals surface area contributed by atoms with Crippen LogP contribution in [0.3, 0.4) is 0 Å². The summed E-state index contributed by atoms with van der Waals surface area (Å²) in [5.41, 5.74) is -0.272. The van der Waals surface area contributed by atoms with E-state index in [2.05, 4.69) is 10.6 Å². The van der Waals surface area contributed by atoms with E-state index in [1.165, 1.54) is 0 Å². The van der Waals surface area contributed by atoms with Gasteiger partial charge in [-0.25, -0.2) is 8.78 Å². The number of halogens is 2. The van der Waals surface area contributed by atoms with Gasteiger partial charge in [-0.05, 0) is 43.0 Å². The summed E-state index contributed by atoms with van der Waals surface area (Å²) in [5, 5.41) is 4.63. The van der Waals surface area contributed by atoms with Crippen molar-refractivity contribution in [2.45, 2.75) is 12.8 Å². The normalized spacial score (nSPS) is 14.1. The van der Waals surface area contributed by atoms with Crippen molar-refractivity contribution in [2.75, 3.05) is 31.6 Å². The fourth-order valence-corrected chi connectivity index (χ4v) is 3.23. The summed E-state index contributed by atoms with van der Waals surface area (Å²) in [6.45, 7) is 1.29. The van der Waals surface area contributed by atoms with E-state index in [1.807, 2.05) is 18.2 Å². The first-order chi connectivity index (χ1) is 14.9. The highest BCUT2D eigenvalue weighted by molar-refractivity contribution is 6.39. The molecule has 0 aromatic heterocycles. The highest BCUT2D eigenvalue weighted by Crippen LogP contribution is 2.18. The predicted molar refractivity (Wildman–Crippen MR) is 109 cm³/mol. The van der Waals surface area contributed by atoms with Crippen molar-refractivity contribution in [1.82, 2.24) is 10.2 Å². The summed E-state index contributed by atoms with van der Waals surface area (Å²) >= 11 is 0. The molecule has 31 heavy (non-hydrogen) atoms. The van der Waals surface area contributed by atoms with Gasteiger partial charge in [0.25, 0.3) is 5.91 Å². The fraction of sp³-hybridized carbons (Fsp3) is 0.318. The molecule has 0 aliphatic carbocycles. The Kier molecular flexibility index (Phi) is 7.53. The van der Waals surface area contributed by atoms with Crippen molar-refractivity contribution in [3.63, 3.8) is 0 Å². The molecule has 0 spiro atoms. The predicted octanol–water partition coefficient (Wildman–Crippen LogP) is 2.34. The van der Waals surface area contributed by atoms with Crippen LogP contribution in [0.15, 0.2) is 48.5 Å². The zero-order valence-corrected chi connectivity index (χ0v) is 16.8. The molecule has 0 atom stereocenters. The lowest BCUT2D eigenvalue weighted by molar-refractivity contribution is -0.136. The maximum atomic E-state index is 13.6. The molecular weight excluding hydrogens is 408 g/mol. The van der Waals surface area contributed by atoms with Gasteiger partial charge in [0, 0.05) is 25.7 Å². The Balaban J connectivity index is 1.37. The van der Waals surface area contributed by atoms with Crippen LogP contribution < -0.4 is 15.4 Å². The molecule has 9 heteroatoms. The minimum Gasteiger partial charge on any atom is -0.484 e. The summed E-state index contributed by atoms with van der Waals surface area (Å²) in [6.07, 6.45) is 1.34. The Morgan fingerprint density at radius 2 is 1.71 bits per heavy atom. The number of piperidine rings is 1. The SMILES string of the molecule is O=C(NCC1CCN(C(=O)COc2ccccc2)CC1)C(=O)Nc1ccc(F)cc1F. The molecule has 3 rings (SSSR count). The summed E-state index contributed by atoms with van der Waals surface area (Å²) in [5.74, 6) is -3.04. The molecule has 1 aliphatic heterocycles. The van der Waals surface area contributed by atoms with Crippen molar-refractivity contribution in [1.29, 1.82) is 0 Å². The van der Waals surface area contributed by atoms with Crippen molar-refractivity contribution in [2.24, 2.45) is 5.92 Å². The topological polar surface area (TPSA) is 87.7 Å². The largest absolute Gasteiger partial charge is 0.484 e. The van der Waals surface area contributed by atoms with E-state index in [9.17, 15) is 23.2 Å². The number of nitrogens with zero attached hydrogens (tertiary/aromatic N) is 1. The van der Waals surface area contributed by atoms with Crippen LogP contribution in [0.2, 0.25) is 0 Å². The number of nitrogens with one attached hydrogen (secondary N) is 2. The summed E-state index contributed by atoms with van der Waals surface area (Å²) < 4.78 is 32.0. The second-order valence-corrected chi connectivity index (χ2v) is 7.21. The third kappa shape index (κ3) is 6.50. The van der Waals surface area contributed by atoms with Gasteiger partial charge in [0.05, 0.1) is 5.69 Å². The molecule has 3 amide bonds. The molecule has 1 fully saturated rings. The Morgan fingerprint density at radius 3 is 2.39 bits per heavy atom. The molecule has 0 unspecified atom stereocenters. The smallest absolute Gasteiger partial charge is 0.313 e. The van der Waals surface area contributed by atoms with Gasteiger partial charge in [0.15, 0.2) is 6.61 Å². The van der Waals surface area contributed by atoms with E-state index < -0.39 is 23.4 Å². The molecule has 7 nitrogen and oxygen atoms in total. The third-order valence-corrected chi connectivity index (χ3v) is 5.01. The molecule has 2 N–H and O–H groups in total. The van der Waals surface area contributed by atoms with E-state index >= 15 is 0 Å². The van der Waals surface area contributed by atoms with Gasteiger partial charge in [-0.3, -0.25) is 14.4 Å². The second-order valence-electron chi connectivity index (χ2n) is 7.21. The first kappa shape index (κ1) is 22.2. The Hall–Kier alpha value is -3.49. The molecule has 0 saturated carbocycles. The van der Waals surface area contributed by atoms with Gasteiger partial charge in [-0.15, -0.1) is 0 Å². The quantitative estimate of drug-likeness (QED) is 0.688. The number of likely N-dealkylation sites (tertiary alicyclic amines) is 1. The lowest BCUT2D eigenvalue weighted by Crippen LogP contribution is -2.44. The van der Waals surface area contributed by atoms with Gasteiger partial charge in [0.1, 0.15) is 17.4 Å². The maximum absolute atomic E-state index is 13.6. The van der Waals surface area contributed by atoms with Crippen molar-refractivity contribution >= 4 is 23.4 Å². The average molecular weight is 431 g/mol. The number of ether oxygens (including phenoxy) is 1. The lowest BCUT2D eigenvalue weighted by atomic mass is 9.96.